The molecule has 7 heteroatoms. The Balaban J connectivity index is 1.79. The third kappa shape index (κ3) is 3.62. The second kappa shape index (κ2) is 6.84. The number of hydrogen-bond acceptors (Lipinski definition) is 4. The fourth-order valence-electron chi connectivity index (χ4n) is 2.21. The van der Waals surface area contributed by atoms with Crippen LogP contribution in [0.5, 0.6) is 0 Å². The monoisotopic (exact) mass is 387 g/mol. The highest BCUT2D eigenvalue weighted by Crippen LogP contribution is 2.20. The summed E-state index contributed by atoms with van der Waals surface area (Å²) in [5.74, 6) is 0.208. The van der Waals surface area contributed by atoms with E-state index in [4.69, 9.17) is 4.42 Å². The Morgan fingerprint density at radius 2 is 2.12 bits per heavy atom. The summed E-state index contributed by atoms with van der Waals surface area (Å²) in [5, 5.41) is 6.96. The number of carbonyl (C=O) groups excluding carboxylic acids is 1. The molecule has 0 saturated carbocycles. The Morgan fingerprint density at radius 3 is 2.83 bits per heavy atom. The van der Waals surface area contributed by atoms with Crippen molar-refractivity contribution < 1.29 is 9.21 Å². The van der Waals surface area contributed by atoms with Crippen molar-refractivity contribution in [2.75, 3.05) is 5.32 Å². The van der Waals surface area contributed by atoms with E-state index in [2.05, 4.69) is 26.3 Å². The number of nitrogens with zero attached hydrogens (tertiary/aromatic N) is 2. The lowest BCUT2D eigenvalue weighted by Gasteiger charge is -2.10. The predicted octanol–water partition coefficient (Wildman–Crippen LogP) is 3.21. The van der Waals surface area contributed by atoms with Gasteiger partial charge in [0.15, 0.2) is 5.76 Å². The Labute approximate surface area is 146 Å². The van der Waals surface area contributed by atoms with Crippen molar-refractivity contribution in [1.29, 1.82) is 0 Å². The molecular formula is C17H14BrN3O3. The summed E-state index contributed by atoms with van der Waals surface area (Å²) in [5.41, 5.74) is 1.75. The molecule has 1 N–H and O–H groups in total. The number of anilines is 1. The topological polar surface area (TPSA) is 77.1 Å². The molecule has 24 heavy (non-hydrogen) atoms. The van der Waals surface area contributed by atoms with Gasteiger partial charge in [-0.1, -0.05) is 15.9 Å². The molecule has 0 radical (unpaired) electrons. The molecule has 0 saturated heterocycles. The maximum Gasteiger partial charge on any atom is 0.267 e. The van der Waals surface area contributed by atoms with Gasteiger partial charge in [0, 0.05) is 16.2 Å². The van der Waals surface area contributed by atoms with Crippen LogP contribution in [0.4, 0.5) is 5.69 Å². The standard InChI is InChI=1S/C17H14BrN3O3/c1-11-9-12(18)4-5-13(11)19-16(22)10-21-17(23)7-6-14(20-21)15-3-2-8-24-15/h2-9H,10H2,1H3,(H,19,22). The molecule has 3 rings (SSSR count). The molecule has 0 aliphatic heterocycles. The minimum atomic E-state index is -0.354. The Morgan fingerprint density at radius 1 is 1.29 bits per heavy atom. The number of nitrogens with one attached hydrogen (secondary N) is 1. The zero-order valence-electron chi connectivity index (χ0n) is 12.8. The van der Waals surface area contributed by atoms with Gasteiger partial charge in [-0.25, -0.2) is 4.68 Å². The van der Waals surface area contributed by atoms with Crippen LogP contribution in [0.2, 0.25) is 0 Å². The second-order valence-corrected chi connectivity index (χ2v) is 6.11. The van der Waals surface area contributed by atoms with E-state index in [0.29, 0.717) is 17.1 Å². The van der Waals surface area contributed by atoms with Crippen molar-refractivity contribution >= 4 is 27.5 Å². The molecule has 3 aromatic rings. The van der Waals surface area contributed by atoms with Crippen molar-refractivity contribution in [2.45, 2.75) is 13.5 Å². The predicted molar refractivity (Wildman–Crippen MR) is 93.7 cm³/mol. The number of carbonyl (C=O) groups is 1. The molecule has 0 atom stereocenters. The van der Waals surface area contributed by atoms with Crippen LogP contribution in [-0.4, -0.2) is 15.7 Å². The average Bonchev–Trinajstić information content (AvgIpc) is 3.07. The summed E-state index contributed by atoms with van der Waals surface area (Å²) in [7, 11) is 0. The smallest absolute Gasteiger partial charge is 0.267 e. The molecule has 0 aliphatic carbocycles. The second-order valence-electron chi connectivity index (χ2n) is 5.20. The molecule has 0 fully saturated rings. The highest BCUT2D eigenvalue weighted by atomic mass is 79.9. The van der Waals surface area contributed by atoms with Crippen LogP contribution in [0.25, 0.3) is 11.5 Å². The van der Waals surface area contributed by atoms with Crippen LogP contribution in [0.1, 0.15) is 5.56 Å². The highest BCUT2D eigenvalue weighted by molar-refractivity contribution is 9.10. The molecule has 1 amide bonds. The van der Waals surface area contributed by atoms with E-state index in [-0.39, 0.29) is 18.0 Å². The van der Waals surface area contributed by atoms with Crippen molar-refractivity contribution in [2.24, 2.45) is 0 Å². The zero-order valence-corrected chi connectivity index (χ0v) is 14.4. The first-order valence-electron chi connectivity index (χ1n) is 7.21. The summed E-state index contributed by atoms with van der Waals surface area (Å²) in [6, 6.07) is 11.9. The van der Waals surface area contributed by atoms with Crippen LogP contribution in [0, 0.1) is 6.92 Å². The zero-order chi connectivity index (χ0) is 17.1. The average molecular weight is 388 g/mol. The highest BCUT2D eigenvalue weighted by Gasteiger charge is 2.10. The van der Waals surface area contributed by atoms with Gasteiger partial charge in [-0.2, -0.15) is 5.10 Å². The van der Waals surface area contributed by atoms with Crippen LogP contribution < -0.4 is 10.9 Å². The summed E-state index contributed by atoms with van der Waals surface area (Å²) < 4.78 is 7.30. The fraction of sp³-hybridized carbons (Fsp3) is 0.118. The molecule has 0 unspecified atom stereocenters. The molecule has 0 aliphatic rings. The molecule has 2 aromatic heterocycles. The van der Waals surface area contributed by atoms with Crippen LogP contribution in [0.3, 0.4) is 0 Å². The van der Waals surface area contributed by atoms with Crippen molar-refractivity contribution in [3.63, 3.8) is 0 Å². The van der Waals surface area contributed by atoms with Crippen LogP contribution >= 0.6 is 15.9 Å². The van der Waals surface area contributed by atoms with E-state index in [1.54, 1.807) is 24.3 Å². The van der Waals surface area contributed by atoms with Crippen molar-refractivity contribution in [1.82, 2.24) is 9.78 Å². The van der Waals surface area contributed by atoms with Gasteiger partial charge in [-0.3, -0.25) is 9.59 Å². The summed E-state index contributed by atoms with van der Waals surface area (Å²) in [6.45, 7) is 1.71. The summed E-state index contributed by atoms with van der Waals surface area (Å²) in [6.07, 6.45) is 1.52. The molecule has 122 valence electrons. The molecule has 1 aromatic carbocycles. The molecule has 2 heterocycles. The third-order valence-electron chi connectivity index (χ3n) is 3.40. The van der Waals surface area contributed by atoms with Crippen molar-refractivity contribution in [3.05, 3.63) is 69.1 Å². The SMILES string of the molecule is Cc1cc(Br)ccc1NC(=O)Cn1nc(-c2ccco2)ccc1=O. The normalized spacial score (nSPS) is 10.6. The number of aryl methyl sites for hydroxylation is 1. The Bertz CT molecular complexity index is 933. The lowest BCUT2D eigenvalue weighted by atomic mass is 10.2. The lowest BCUT2D eigenvalue weighted by molar-refractivity contribution is -0.117. The maximum absolute atomic E-state index is 12.2. The largest absolute Gasteiger partial charge is 0.463 e. The van der Waals surface area contributed by atoms with Gasteiger partial charge in [0.05, 0.1) is 6.26 Å². The first kappa shape index (κ1) is 16.2. The van der Waals surface area contributed by atoms with E-state index in [1.165, 1.54) is 12.3 Å². The van der Waals surface area contributed by atoms with Gasteiger partial charge in [-0.15, -0.1) is 0 Å². The van der Waals surface area contributed by atoms with Crippen molar-refractivity contribution in [3.8, 4) is 11.5 Å². The number of rotatable bonds is 4. The molecule has 0 spiro atoms. The van der Waals surface area contributed by atoms with Gasteiger partial charge in [0.2, 0.25) is 5.91 Å². The number of hydrogen-bond donors (Lipinski definition) is 1. The summed E-state index contributed by atoms with van der Waals surface area (Å²) in [4.78, 5) is 24.1. The van der Waals surface area contributed by atoms with Crippen LogP contribution in [0.15, 0.2) is 62.4 Å². The van der Waals surface area contributed by atoms with E-state index in [9.17, 15) is 9.59 Å². The van der Waals surface area contributed by atoms with Gasteiger partial charge in [0.25, 0.3) is 5.56 Å². The fourth-order valence-corrected chi connectivity index (χ4v) is 2.69. The van der Waals surface area contributed by atoms with E-state index >= 15 is 0 Å². The Hall–Kier alpha value is -2.67. The molecule has 0 bridgehead atoms. The minimum absolute atomic E-state index is 0.178. The Kier molecular flexibility index (Phi) is 4.61. The molecule has 6 nitrogen and oxygen atoms in total. The quantitative estimate of drug-likeness (QED) is 0.745. The summed E-state index contributed by atoms with van der Waals surface area (Å²) >= 11 is 3.38. The number of aromatic nitrogens is 2. The van der Waals surface area contributed by atoms with Gasteiger partial charge >= 0.3 is 0 Å². The first-order valence-corrected chi connectivity index (χ1v) is 8.00. The third-order valence-corrected chi connectivity index (χ3v) is 3.89. The molecular weight excluding hydrogens is 374 g/mol. The van der Waals surface area contributed by atoms with E-state index < -0.39 is 0 Å². The number of halogens is 1. The van der Waals surface area contributed by atoms with Crippen LogP contribution in [-0.2, 0) is 11.3 Å². The van der Waals surface area contributed by atoms with Gasteiger partial charge in [0.1, 0.15) is 12.2 Å². The minimum Gasteiger partial charge on any atom is -0.463 e. The number of amides is 1. The van der Waals surface area contributed by atoms with Gasteiger partial charge < -0.3 is 9.73 Å². The maximum atomic E-state index is 12.2. The van der Waals surface area contributed by atoms with Gasteiger partial charge in [-0.05, 0) is 48.9 Å². The number of benzene rings is 1. The first-order chi connectivity index (χ1) is 11.5. The van der Waals surface area contributed by atoms with E-state index in [0.717, 1.165) is 14.7 Å². The van der Waals surface area contributed by atoms with E-state index in [1.807, 2.05) is 19.1 Å². The lowest BCUT2D eigenvalue weighted by Crippen LogP contribution is -2.29. The number of furan rings is 1.